The van der Waals surface area contributed by atoms with Crippen molar-refractivity contribution < 1.29 is 9.59 Å². The van der Waals surface area contributed by atoms with Gasteiger partial charge in [-0.2, -0.15) is 0 Å². The van der Waals surface area contributed by atoms with Crippen molar-refractivity contribution in [2.45, 2.75) is 6.04 Å². The van der Waals surface area contributed by atoms with Gasteiger partial charge < -0.3 is 11.5 Å². The minimum absolute atomic E-state index is 0.391. The Hall–Kier alpha value is -1.10. The molecule has 1 aliphatic heterocycles. The van der Waals surface area contributed by atoms with Crippen molar-refractivity contribution in [2.75, 3.05) is 13.6 Å². The maximum absolute atomic E-state index is 10.7. The molecule has 0 bridgehead atoms. The van der Waals surface area contributed by atoms with Crippen molar-refractivity contribution in [1.82, 2.24) is 4.90 Å². The molecule has 62 valence electrons. The predicted octanol–water partition coefficient (Wildman–Crippen LogP) is -2.11. The summed E-state index contributed by atoms with van der Waals surface area (Å²) in [5.74, 6) is -1.33. The number of primary amides is 2. The third-order valence-corrected chi connectivity index (χ3v) is 2.00. The van der Waals surface area contributed by atoms with Gasteiger partial charge in [-0.25, -0.2) is 0 Å². The second-order valence-corrected chi connectivity index (χ2v) is 2.80. The molecular weight excluding hydrogens is 146 g/mol. The Balaban J connectivity index is 2.62. The molecule has 11 heavy (non-hydrogen) atoms. The van der Waals surface area contributed by atoms with Gasteiger partial charge in [0.1, 0.15) is 6.04 Å². The van der Waals surface area contributed by atoms with Crippen LogP contribution in [0.4, 0.5) is 0 Å². The molecule has 1 saturated heterocycles. The van der Waals surface area contributed by atoms with Gasteiger partial charge in [-0.15, -0.1) is 0 Å². The van der Waals surface area contributed by atoms with Crippen LogP contribution in [-0.4, -0.2) is 36.3 Å². The van der Waals surface area contributed by atoms with E-state index in [1.807, 2.05) is 0 Å². The van der Waals surface area contributed by atoms with Crippen LogP contribution < -0.4 is 11.5 Å². The number of nitrogens with two attached hydrogens (primary N) is 2. The van der Waals surface area contributed by atoms with Crippen LogP contribution in [0.5, 0.6) is 0 Å². The third-order valence-electron chi connectivity index (χ3n) is 2.00. The van der Waals surface area contributed by atoms with E-state index in [-0.39, 0.29) is 0 Å². The molecule has 1 heterocycles. The van der Waals surface area contributed by atoms with Crippen molar-refractivity contribution in [1.29, 1.82) is 0 Å². The summed E-state index contributed by atoms with van der Waals surface area (Å²) in [5, 5.41) is 0. The lowest BCUT2D eigenvalue weighted by atomic mass is 9.88. The lowest BCUT2D eigenvalue weighted by Crippen LogP contribution is -2.63. The molecule has 0 aromatic rings. The third kappa shape index (κ3) is 1.19. The average Bonchev–Trinajstić information content (AvgIpc) is 1.80. The van der Waals surface area contributed by atoms with Crippen LogP contribution in [0.3, 0.4) is 0 Å². The Kier molecular flexibility index (Phi) is 1.82. The summed E-state index contributed by atoms with van der Waals surface area (Å²) in [5.41, 5.74) is 10.0. The van der Waals surface area contributed by atoms with Crippen LogP contribution in [0.2, 0.25) is 0 Å². The first-order valence-electron chi connectivity index (χ1n) is 3.33. The normalized spacial score (nSPS) is 31.0. The molecule has 5 heteroatoms. The highest BCUT2D eigenvalue weighted by Gasteiger charge is 2.43. The zero-order valence-electron chi connectivity index (χ0n) is 6.28. The molecule has 2 unspecified atom stereocenters. The molecule has 2 atom stereocenters. The summed E-state index contributed by atoms with van der Waals surface area (Å²) in [6.07, 6.45) is 0. The minimum atomic E-state index is -0.493. The Morgan fingerprint density at radius 2 is 1.91 bits per heavy atom. The molecule has 1 rings (SSSR count). The smallest absolute Gasteiger partial charge is 0.235 e. The topological polar surface area (TPSA) is 89.4 Å². The lowest BCUT2D eigenvalue weighted by molar-refractivity contribution is -0.141. The number of carbonyl (C=O) groups excluding carboxylic acids is 2. The Labute approximate surface area is 64.3 Å². The molecule has 1 fully saturated rings. The van der Waals surface area contributed by atoms with Gasteiger partial charge in [0, 0.05) is 6.54 Å². The van der Waals surface area contributed by atoms with E-state index in [9.17, 15) is 9.59 Å². The van der Waals surface area contributed by atoms with E-state index in [0.29, 0.717) is 6.54 Å². The van der Waals surface area contributed by atoms with Gasteiger partial charge in [-0.05, 0) is 7.05 Å². The van der Waals surface area contributed by atoms with Crippen molar-refractivity contribution in [2.24, 2.45) is 17.4 Å². The van der Waals surface area contributed by atoms with Crippen molar-refractivity contribution in [3.05, 3.63) is 0 Å². The van der Waals surface area contributed by atoms with Crippen LogP contribution in [0.15, 0.2) is 0 Å². The predicted molar refractivity (Wildman–Crippen MR) is 38.3 cm³/mol. The van der Waals surface area contributed by atoms with Gasteiger partial charge >= 0.3 is 0 Å². The van der Waals surface area contributed by atoms with Crippen molar-refractivity contribution >= 4 is 11.8 Å². The van der Waals surface area contributed by atoms with Crippen LogP contribution in [0.25, 0.3) is 0 Å². The van der Waals surface area contributed by atoms with E-state index in [0.717, 1.165) is 0 Å². The second-order valence-electron chi connectivity index (χ2n) is 2.80. The van der Waals surface area contributed by atoms with Gasteiger partial charge in [0.25, 0.3) is 0 Å². The molecule has 4 N–H and O–H groups in total. The molecule has 0 aromatic heterocycles. The maximum atomic E-state index is 10.7. The first-order chi connectivity index (χ1) is 5.04. The SMILES string of the molecule is CN1CC(C(N)=O)C1C(N)=O. The molecular formula is C6H11N3O2. The van der Waals surface area contributed by atoms with E-state index in [1.165, 1.54) is 0 Å². The fraction of sp³-hybridized carbons (Fsp3) is 0.667. The summed E-state index contributed by atoms with van der Waals surface area (Å²) < 4.78 is 0. The van der Waals surface area contributed by atoms with Crippen LogP contribution in [0, 0.1) is 5.92 Å². The van der Waals surface area contributed by atoms with E-state index in [1.54, 1.807) is 11.9 Å². The largest absolute Gasteiger partial charge is 0.369 e. The van der Waals surface area contributed by atoms with Crippen LogP contribution in [-0.2, 0) is 9.59 Å². The molecule has 0 spiro atoms. The van der Waals surface area contributed by atoms with Gasteiger partial charge in [-0.1, -0.05) is 0 Å². The molecule has 0 aliphatic carbocycles. The quantitative estimate of drug-likeness (QED) is 0.480. The fourth-order valence-electron chi connectivity index (χ4n) is 1.35. The van der Waals surface area contributed by atoms with Crippen LogP contribution in [0.1, 0.15) is 0 Å². The standard InChI is InChI=1S/C6H11N3O2/c1-9-2-3(5(7)10)4(9)6(8)11/h3-4H,2H2,1H3,(H2,7,10)(H2,8,11). The summed E-state index contributed by atoms with van der Waals surface area (Å²) in [6, 6.07) is -0.493. The highest BCUT2D eigenvalue weighted by molar-refractivity contribution is 5.90. The van der Waals surface area contributed by atoms with Crippen LogP contribution >= 0.6 is 0 Å². The number of hydrogen-bond acceptors (Lipinski definition) is 3. The molecule has 0 radical (unpaired) electrons. The summed E-state index contributed by atoms with van der Waals surface area (Å²) >= 11 is 0. The number of rotatable bonds is 2. The Morgan fingerprint density at radius 1 is 1.36 bits per heavy atom. The molecule has 1 aliphatic rings. The number of amides is 2. The summed E-state index contributed by atoms with van der Waals surface area (Å²) in [7, 11) is 1.73. The fourth-order valence-corrected chi connectivity index (χ4v) is 1.35. The number of hydrogen-bond donors (Lipinski definition) is 2. The number of likely N-dealkylation sites (N-methyl/N-ethyl adjacent to an activating group) is 1. The van der Waals surface area contributed by atoms with E-state index in [4.69, 9.17) is 11.5 Å². The Bertz CT molecular complexity index is 204. The number of nitrogens with zero attached hydrogens (tertiary/aromatic N) is 1. The highest BCUT2D eigenvalue weighted by atomic mass is 16.2. The summed E-state index contributed by atoms with van der Waals surface area (Å²) in [6.45, 7) is 0.531. The van der Waals surface area contributed by atoms with Gasteiger partial charge in [0.2, 0.25) is 11.8 Å². The van der Waals surface area contributed by atoms with Crippen molar-refractivity contribution in [3.8, 4) is 0 Å². The monoisotopic (exact) mass is 157 g/mol. The Morgan fingerprint density at radius 3 is 2.09 bits per heavy atom. The zero-order valence-corrected chi connectivity index (χ0v) is 6.28. The second kappa shape index (κ2) is 2.50. The van der Waals surface area contributed by atoms with E-state index < -0.39 is 23.8 Å². The summed E-state index contributed by atoms with van der Waals surface area (Å²) in [4.78, 5) is 23.0. The molecule has 2 amide bonds. The number of likely N-dealkylation sites (tertiary alicyclic amines) is 1. The average molecular weight is 157 g/mol. The van der Waals surface area contributed by atoms with Gasteiger partial charge in [0.05, 0.1) is 5.92 Å². The maximum Gasteiger partial charge on any atom is 0.235 e. The van der Waals surface area contributed by atoms with E-state index in [2.05, 4.69) is 0 Å². The zero-order chi connectivity index (χ0) is 8.59. The van der Waals surface area contributed by atoms with Gasteiger partial charge in [-0.3, -0.25) is 14.5 Å². The first kappa shape index (κ1) is 8.00. The highest BCUT2D eigenvalue weighted by Crippen LogP contribution is 2.21. The molecule has 5 nitrogen and oxygen atoms in total. The molecule has 0 saturated carbocycles. The lowest BCUT2D eigenvalue weighted by Gasteiger charge is -2.41. The van der Waals surface area contributed by atoms with Gasteiger partial charge in [0.15, 0.2) is 0 Å². The molecule has 0 aromatic carbocycles. The van der Waals surface area contributed by atoms with E-state index >= 15 is 0 Å². The first-order valence-corrected chi connectivity index (χ1v) is 3.33. The minimum Gasteiger partial charge on any atom is -0.369 e. The number of carbonyl (C=O) groups is 2. The van der Waals surface area contributed by atoms with Crippen molar-refractivity contribution in [3.63, 3.8) is 0 Å².